The minimum atomic E-state index is -0.927. The zero-order chi connectivity index (χ0) is 11.5. The third-order valence-electron chi connectivity index (χ3n) is 2.22. The first-order valence-corrected chi connectivity index (χ1v) is 4.65. The number of hydrogen-bond acceptors (Lipinski definition) is 3. The summed E-state index contributed by atoms with van der Waals surface area (Å²) < 4.78 is 26.7. The Balaban J connectivity index is 2.44. The minimum absolute atomic E-state index is 0.0209. The van der Waals surface area contributed by atoms with Gasteiger partial charge in [0.15, 0.2) is 0 Å². The van der Waals surface area contributed by atoms with Crippen LogP contribution in [0.2, 0.25) is 0 Å². The van der Waals surface area contributed by atoms with E-state index in [1.807, 2.05) is 0 Å². The summed E-state index contributed by atoms with van der Waals surface area (Å²) in [6.07, 6.45) is 3.85. The molecule has 0 aliphatic carbocycles. The molecule has 0 saturated carbocycles. The summed E-state index contributed by atoms with van der Waals surface area (Å²) >= 11 is 0. The Bertz CT molecular complexity index is 457. The second kappa shape index (κ2) is 4.32. The van der Waals surface area contributed by atoms with E-state index in [-0.39, 0.29) is 11.3 Å². The smallest absolute Gasteiger partial charge is 0.146 e. The molecule has 3 nitrogen and oxygen atoms in total. The average Bonchev–Trinajstić information content (AvgIpc) is 2.29. The number of nitrogens with two attached hydrogens (primary N) is 1. The van der Waals surface area contributed by atoms with Gasteiger partial charge in [0.2, 0.25) is 0 Å². The van der Waals surface area contributed by atoms with Gasteiger partial charge in [0, 0.05) is 18.0 Å². The summed E-state index contributed by atoms with van der Waals surface area (Å²) in [5, 5.41) is 0. The van der Waals surface area contributed by atoms with Crippen LogP contribution in [-0.4, -0.2) is 9.97 Å². The predicted octanol–water partition coefficient (Wildman–Crippen LogP) is 1.80. The topological polar surface area (TPSA) is 51.8 Å². The number of nitrogens with zero attached hydrogens (tertiary/aromatic N) is 2. The normalized spacial score (nSPS) is 12.4. The molecule has 1 unspecified atom stereocenters. The lowest BCUT2D eigenvalue weighted by Crippen LogP contribution is -2.16. The van der Waals surface area contributed by atoms with Crippen molar-refractivity contribution in [2.45, 2.75) is 6.04 Å². The van der Waals surface area contributed by atoms with Crippen LogP contribution in [0.15, 0.2) is 36.8 Å². The lowest BCUT2D eigenvalue weighted by atomic mass is 10.0. The van der Waals surface area contributed by atoms with Crippen molar-refractivity contribution in [3.05, 3.63) is 59.7 Å². The summed E-state index contributed by atoms with van der Waals surface area (Å²) in [7, 11) is 0. The number of aromatic nitrogens is 2. The molecule has 5 heteroatoms. The summed E-state index contributed by atoms with van der Waals surface area (Å²) in [4.78, 5) is 7.41. The van der Waals surface area contributed by atoms with Crippen LogP contribution in [0.5, 0.6) is 0 Å². The quantitative estimate of drug-likeness (QED) is 0.841. The van der Waals surface area contributed by atoms with Crippen LogP contribution in [-0.2, 0) is 0 Å². The maximum absolute atomic E-state index is 13.4. The SMILES string of the molecule is NC(c1ccncc1F)c1ncccc1F. The Morgan fingerprint density at radius 1 is 1.12 bits per heavy atom. The van der Waals surface area contributed by atoms with E-state index in [0.717, 1.165) is 6.20 Å². The van der Waals surface area contributed by atoms with Crippen LogP contribution < -0.4 is 5.73 Å². The first kappa shape index (κ1) is 10.6. The number of hydrogen-bond donors (Lipinski definition) is 1. The van der Waals surface area contributed by atoms with Gasteiger partial charge in [-0.25, -0.2) is 8.78 Å². The fourth-order valence-corrected chi connectivity index (χ4v) is 1.41. The van der Waals surface area contributed by atoms with Crippen LogP contribution in [0.3, 0.4) is 0 Å². The van der Waals surface area contributed by atoms with Crippen molar-refractivity contribution in [1.82, 2.24) is 9.97 Å². The molecule has 0 aromatic carbocycles. The van der Waals surface area contributed by atoms with E-state index in [4.69, 9.17) is 5.73 Å². The Morgan fingerprint density at radius 3 is 2.62 bits per heavy atom. The summed E-state index contributed by atoms with van der Waals surface area (Å²) in [5.41, 5.74) is 5.94. The standard InChI is InChI=1S/C11H9F2N3/c12-8-2-1-4-16-11(8)10(14)7-3-5-15-6-9(7)13/h1-6,10H,14H2. The fraction of sp³-hybridized carbons (Fsp3) is 0.0909. The number of pyridine rings is 2. The molecular formula is C11H9F2N3. The first-order valence-electron chi connectivity index (χ1n) is 4.65. The molecule has 0 amide bonds. The van der Waals surface area contributed by atoms with Crippen LogP contribution in [0.4, 0.5) is 8.78 Å². The van der Waals surface area contributed by atoms with Gasteiger partial charge in [-0.05, 0) is 18.2 Å². The molecule has 2 rings (SSSR count). The lowest BCUT2D eigenvalue weighted by molar-refractivity contribution is 0.562. The summed E-state index contributed by atoms with van der Waals surface area (Å²) in [6, 6.07) is 3.17. The molecule has 2 aromatic heterocycles. The van der Waals surface area contributed by atoms with Crippen molar-refractivity contribution >= 4 is 0 Å². The minimum Gasteiger partial charge on any atom is -0.319 e. The highest BCUT2D eigenvalue weighted by Crippen LogP contribution is 2.21. The molecule has 82 valence electrons. The van der Waals surface area contributed by atoms with Gasteiger partial charge < -0.3 is 5.73 Å². The third kappa shape index (κ3) is 1.90. The first-order chi connectivity index (χ1) is 7.70. The average molecular weight is 221 g/mol. The molecule has 0 fully saturated rings. The van der Waals surface area contributed by atoms with Gasteiger partial charge in [-0.3, -0.25) is 9.97 Å². The van der Waals surface area contributed by atoms with Crippen LogP contribution >= 0.6 is 0 Å². The molecule has 0 aliphatic rings. The van der Waals surface area contributed by atoms with Gasteiger partial charge in [-0.1, -0.05) is 0 Å². The van der Waals surface area contributed by atoms with Crippen LogP contribution in [0, 0.1) is 11.6 Å². The van der Waals surface area contributed by atoms with E-state index in [1.54, 1.807) is 0 Å². The molecule has 2 N–H and O–H groups in total. The molecule has 0 spiro atoms. The molecule has 0 saturated heterocycles. The van der Waals surface area contributed by atoms with Gasteiger partial charge in [0.05, 0.1) is 17.9 Å². The Morgan fingerprint density at radius 2 is 1.94 bits per heavy atom. The molecule has 0 radical (unpaired) electrons. The van der Waals surface area contributed by atoms with Crippen molar-refractivity contribution in [3.8, 4) is 0 Å². The van der Waals surface area contributed by atoms with E-state index < -0.39 is 17.7 Å². The molecular weight excluding hydrogens is 212 g/mol. The fourth-order valence-electron chi connectivity index (χ4n) is 1.41. The van der Waals surface area contributed by atoms with E-state index in [0.29, 0.717) is 0 Å². The van der Waals surface area contributed by atoms with E-state index in [1.165, 1.54) is 30.6 Å². The maximum atomic E-state index is 13.4. The van der Waals surface area contributed by atoms with Gasteiger partial charge in [0.25, 0.3) is 0 Å². The molecule has 16 heavy (non-hydrogen) atoms. The number of halogens is 2. The summed E-state index contributed by atoms with van der Waals surface area (Å²) in [5.74, 6) is -1.12. The molecule has 2 heterocycles. The molecule has 1 atom stereocenters. The van der Waals surface area contributed by atoms with Gasteiger partial charge in [0.1, 0.15) is 11.6 Å². The lowest BCUT2D eigenvalue weighted by Gasteiger charge is -2.12. The van der Waals surface area contributed by atoms with Crippen molar-refractivity contribution in [3.63, 3.8) is 0 Å². The highest BCUT2D eigenvalue weighted by Gasteiger charge is 2.17. The van der Waals surface area contributed by atoms with E-state index in [9.17, 15) is 8.78 Å². The number of rotatable bonds is 2. The molecule has 0 aliphatic heterocycles. The van der Waals surface area contributed by atoms with Crippen molar-refractivity contribution in [2.24, 2.45) is 5.73 Å². The molecule has 2 aromatic rings. The molecule has 0 bridgehead atoms. The zero-order valence-electron chi connectivity index (χ0n) is 8.27. The van der Waals surface area contributed by atoms with Crippen LogP contribution in [0.1, 0.15) is 17.3 Å². The van der Waals surface area contributed by atoms with Crippen LogP contribution in [0.25, 0.3) is 0 Å². The summed E-state index contributed by atoms with van der Waals surface area (Å²) in [6.45, 7) is 0. The zero-order valence-corrected chi connectivity index (χ0v) is 8.27. The third-order valence-corrected chi connectivity index (χ3v) is 2.22. The second-order valence-electron chi connectivity index (χ2n) is 3.25. The Hall–Kier alpha value is -1.88. The van der Waals surface area contributed by atoms with Gasteiger partial charge in [-0.15, -0.1) is 0 Å². The Kier molecular flexibility index (Phi) is 2.87. The van der Waals surface area contributed by atoms with Crippen molar-refractivity contribution in [1.29, 1.82) is 0 Å². The largest absolute Gasteiger partial charge is 0.319 e. The monoisotopic (exact) mass is 221 g/mol. The van der Waals surface area contributed by atoms with Gasteiger partial charge in [-0.2, -0.15) is 0 Å². The van der Waals surface area contributed by atoms with Gasteiger partial charge >= 0.3 is 0 Å². The van der Waals surface area contributed by atoms with E-state index >= 15 is 0 Å². The maximum Gasteiger partial charge on any atom is 0.146 e. The highest BCUT2D eigenvalue weighted by atomic mass is 19.1. The van der Waals surface area contributed by atoms with E-state index in [2.05, 4.69) is 9.97 Å². The Labute approximate surface area is 91.0 Å². The van der Waals surface area contributed by atoms with Crippen molar-refractivity contribution in [2.75, 3.05) is 0 Å². The van der Waals surface area contributed by atoms with Crippen molar-refractivity contribution < 1.29 is 8.78 Å². The second-order valence-corrected chi connectivity index (χ2v) is 3.25. The predicted molar refractivity (Wildman–Crippen MR) is 54.4 cm³/mol. The highest BCUT2D eigenvalue weighted by molar-refractivity contribution is 5.27.